The summed E-state index contributed by atoms with van der Waals surface area (Å²) in [4.78, 5) is 27.7. The van der Waals surface area contributed by atoms with Crippen molar-refractivity contribution >= 4 is 59.1 Å². The number of nitrogens with one attached hydrogen (secondary N) is 2. The van der Waals surface area contributed by atoms with Gasteiger partial charge in [0, 0.05) is 30.4 Å². The number of carbonyl (C=O) groups excluding carboxylic acids is 2. The number of halogens is 1. The van der Waals surface area contributed by atoms with Crippen molar-refractivity contribution in [3.05, 3.63) is 60.1 Å². The zero-order chi connectivity index (χ0) is 33.0. The van der Waals surface area contributed by atoms with Crippen LogP contribution in [0.4, 0.5) is 27.5 Å². The Morgan fingerprint density at radius 3 is 1.96 bits per heavy atom. The first-order chi connectivity index (χ1) is 22.4. The Morgan fingerprint density at radius 2 is 1.39 bits per heavy atom. The highest BCUT2D eigenvalue weighted by atomic mass is 35.5. The van der Waals surface area contributed by atoms with Crippen molar-refractivity contribution in [1.82, 2.24) is 0 Å². The molecule has 0 spiro atoms. The number of thiol groups is 1. The zero-order valence-corrected chi connectivity index (χ0v) is 29.7. The van der Waals surface area contributed by atoms with E-state index in [9.17, 15) is 9.59 Å². The Bertz CT molecular complexity index is 1190. The van der Waals surface area contributed by atoms with Crippen LogP contribution in [-0.2, 0) is 4.79 Å². The van der Waals surface area contributed by atoms with Crippen molar-refractivity contribution in [1.29, 1.82) is 0 Å². The SMILES string of the molecule is C=CCN(c1ccc(NC(=O)N(S)c2ccc(NC(=O)CCCCCCCCCCCCCCC)cc2)cc1Cl)C1CCCCC1. The van der Waals surface area contributed by atoms with Crippen LogP contribution in [0.2, 0.25) is 5.02 Å². The number of carbonyl (C=O) groups is 2. The Hall–Kier alpha value is -2.64. The van der Waals surface area contributed by atoms with E-state index in [0.29, 0.717) is 34.5 Å². The van der Waals surface area contributed by atoms with Gasteiger partial charge in [0.05, 0.1) is 16.4 Å². The lowest BCUT2D eigenvalue weighted by Crippen LogP contribution is -2.37. The van der Waals surface area contributed by atoms with Crippen molar-refractivity contribution in [3.8, 4) is 0 Å². The second-order valence-corrected chi connectivity index (χ2v) is 13.5. The molecule has 1 aliphatic carbocycles. The topological polar surface area (TPSA) is 64.7 Å². The molecule has 46 heavy (non-hydrogen) atoms. The van der Waals surface area contributed by atoms with Crippen molar-refractivity contribution in [2.45, 2.75) is 135 Å². The van der Waals surface area contributed by atoms with Crippen LogP contribution in [0.5, 0.6) is 0 Å². The van der Waals surface area contributed by atoms with Gasteiger partial charge in [-0.3, -0.25) is 4.79 Å². The van der Waals surface area contributed by atoms with Gasteiger partial charge in [-0.15, -0.1) is 6.58 Å². The molecular weight excluding hydrogens is 612 g/mol. The fourth-order valence-corrected chi connectivity index (χ4v) is 6.77. The average Bonchev–Trinajstić information content (AvgIpc) is 3.06. The Labute approximate surface area is 289 Å². The highest BCUT2D eigenvalue weighted by molar-refractivity contribution is 7.82. The lowest BCUT2D eigenvalue weighted by molar-refractivity contribution is -0.116. The van der Waals surface area contributed by atoms with Gasteiger partial charge < -0.3 is 15.5 Å². The van der Waals surface area contributed by atoms with Crippen LogP contribution in [0.3, 0.4) is 0 Å². The molecule has 0 radical (unpaired) electrons. The molecule has 0 saturated heterocycles. The van der Waals surface area contributed by atoms with E-state index in [2.05, 4.69) is 41.9 Å². The third-order valence-electron chi connectivity index (χ3n) is 8.95. The normalized spacial score (nSPS) is 13.3. The van der Waals surface area contributed by atoms with E-state index in [-0.39, 0.29) is 5.91 Å². The summed E-state index contributed by atoms with van der Waals surface area (Å²) in [5, 5.41) is 6.44. The summed E-state index contributed by atoms with van der Waals surface area (Å²) in [7, 11) is 0. The lowest BCUT2D eigenvalue weighted by atomic mass is 9.93. The number of hydrogen-bond acceptors (Lipinski definition) is 4. The van der Waals surface area contributed by atoms with Gasteiger partial charge in [-0.1, -0.05) is 134 Å². The third-order valence-corrected chi connectivity index (χ3v) is 9.66. The van der Waals surface area contributed by atoms with Crippen molar-refractivity contribution in [3.63, 3.8) is 0 Å². The van der Waals surface area contributed by atoms with Gasteiger partial charge in [-0.25, -0.2) is 9.10 Å². The maximum atomic E-state index is 13.0. The smallest absolute Gasteiger partial charge is 0.336 e. The van der Waals surface area contributed by atoms with Crippen molar-refractivity contribution in [2.24, 2.45) is 0 Å². The number of unbranched alkanes of at least 4 members (excludes halogenated alkanes) is 12. The molecular formula is C38H57ClN4O2S. The Kier molecular flexibility index (Phi) is 18.1. The first kappa shape index (κ1) is 37.8. The molecule has 2 N–H and O–H groups in total. The highest BCUT2D eigenvalue weighted by Gasteiger charge is 2.23. The molecule has 6 nitrogen and oxygen atoms in total. The number of benzene rings is 2. The predicted octanol–water partition coefficient (Wildman–Crippen LogP) is 12.0. The molecule has 0 heterocycles. The monoisotopic (exact) mass is 668 g/mol. The van der Waals surface area contributed by atoms with Crippen molar-refractivity contribution in [2.75, 3.05) is 26.4 Å². The van der Waals surface area contributed by atoms with Crippen LogP contribution in [0.15, 0.2) is 55.1 Å². The molecule has 1 fully saturated rings. The van der Waals surface area contributed by atoms with Gasteiger partial charge in [-0.2, -0.15) is 0 Å². The van der Waals surface area contributed by atoms with Crippen molar-refractivity contribution < 1.29 is 9.59 Å². The van der Waals surface area contributed by atoms with Crippen LogP contribution in [0.1, 0.15) is 129 Å². The van der Waals surface area contributed by atoms with E-state index in [1.807, 2.05) is 18.2 Å². The molecule has 1 aliphatic rings. The molecule has 2 aromatic rings. The minimum atomic E-state index is -0.401. The second kappa shape index (κ2) is 22.0. The number of nitrogens with zero attached hydrogens (tertiary/aromatic N) is 2. The first-order valence-corrected chi connectivity index (χ1v) is 18.6. The molecule has 8 heteroatoms. The fraction of sp³-hybridized carbons (Fsp3) is 0.579. The molecule has 0 aromatic heterocycles. The van der Waals surface area contributed by atoms with Crippen LogP contribution in [0, 0.1) is 0 Å². The molecule has 1 saturated carbocycles. The quantitative estimate of drug-likeness (QED) is 0.0704. The molecule has 254 valence electrons. The number of hydrogen-bond donors (Lipinski definition) is 3. The van der Waals surface area contributed by atoms with Gasteiger partial charge in [0.2, 0.25) is 5.91 Å². The van der Waals surface area contributed by atoms with E-state index < -0.39 is 6.03 Å². The standard InChI is InChI=1S/C38H57ClN4O2S/c1-3-5-6-7-8-9-10-11-12-13-14-15-19-22-37(44)40-31-23-26-34(27-24-31)43(46)38(45)41-32-25-28-36(35(39)30-32)42(29-4-2)33-20-17-16-18-21-33/h4,23-28,30,33,46H,2-3,5-22,29H2,1H3,(H,40,44)(H,41,45). The number of amides is 3. The molecule has 0 atom stereocenters. The molecule has 0 unspecified atom stereocenters. The molecule has 0 bridgehead atoms. The minimum absolute atomic E-state index is 0.0202. The largest absolute Gasteiger partial charge is 0.364 e. The van der Waals surface area contributed by atoms with Gasteiger partial charge in [-0.05, 0) is 61.7 Å². The third kappa shape index (κ3) is 13.6. The van der Waals surface area contributed by atoms with Crippen LogP contribution >= 0.6 is 24.4 Å². The average molecular weight is 669 g/mol. The van der Waals surface area contributed by atoms with Crippen LogP contribution < -0.4 is 19.8 Å². The summed E-state index contributed by atoms with van der Waals surface area (Å²) in [6, 6.07) is 12.8. The number of rotatable bonds is 21. The van der Waals surface area contributed by atoms with E-state index in [1.165, 1.54) is 94.2 Å². The van der Waals surface area contributed by atoms with Gasteiger partial charge in [0.25, 0.3) is 0 Å². The molecule has 2 aromatic carbocycles. The Morgan fingerprint density at radius 1 is 0.826 bits per heavy atom. The fourth-order valence-electron chi connectivity index (χ4n) is 6.30. The lowest BCUT2D eigenvalue weighted by Gasteiger charge is -2.36. The summed E-state index contributed by atoms with van der Waals surface area (Å²) in [5.41, 5.74) is 2.85. The minimum Gasteiger partial charge on any atom is -0.364 e. The molecule has 0 aliphatic heterocycles. The summed E-state index contributed by atoms with van der Waals surface area (Å²) in [5.74, 6) is 0.0202. The summed E-state index contributed by atoms with van der Waals surface area (Å²) >= 11 is 11.1. The highest BCUT2D eigenvalue weighted by Crippen LogP contribution is 2.34. The second-order valence-electron chi connectivity index (χ2n) is 12.7. The maximum absolute atomic E-state index is 13.0. The van der Waals surface area contributed by atoms with Gasteiger partial charge in [0.1, 0.15) is 0 Å². The molecule has 3 rings (SSSR count). The number of anilines is 4. The van der Waals surface area contributed by atoms with Crippen LogP contribution in [-0.4, -0.2) is 24.5 Å². The predicted molar refractivity (Wildman–Crippen MR) is 202 cm³/mol. The summed E-state index contributed by atoms with van der Waals surface area (Å²) in [6.45, 7) is 6.93. The van der Waals surface area contributed by atoms with E-state index in [1.54, 1.807) is 30.3 Å². The van der Waals surface area contributed by atoms with Crippen LogP contribution in [0.25, 0.3) is 0 Å². The van der Waals surface area contributed by atoms with E-state index in [0.717, 1.165) is 37.9 Å². The summed E-state index contributed by atoms with van der Waals surface area (Å²) < 4.78 is 1.24. The first-order valence-electron chi connectivity index (χ1n) is 17.8. The van der Waals surface area contributed by atoms with Gasteiger partial charge in [0.15, 0.2) is 0 Å². The Balaban J connectivity index is 1.35. The van der Waals surface area contributed by atoms with Gasteiger partial charge >= 0.3 is 6.03 Å². The number of urea groups is 1. The maximum Gasteiger partial charge on any atom is 0.336 e. The summed E-state index contributed by atoms with van der Waals surface area (Å²) in [6.07, 6.45) is 25.2. The molecule has 3 amide bonds. The van der Waals surface area contributed by atoms with E-state index >= 15 is 0 Å². The zero-order valence-electron chi connectivity index (χ0n) is 28.1. The van der Waals surface area contributed by atoms with E-state index in [4.69, 9.17) is 11.6 Å².